The van der Waals surface area contributed by atoms with Gasteiger partial charge in [0, 0.05) is 10.9 Å². The molecule has 0 unspecified atom stereocenters. The summed E-state index contributed by atoms with van der Waals surface area (Å²) in [5.41, 5.74) is 1.49. The molecule has 0 amide bonds. The zero-order valence-electron chi connectivity index (χ0n) is 9.71. The minimum atomic E-state index is -0.248. The van der Waals surface area contributed by atoms with Crippen LogP contribution in [0.5, 0.6) is 11.5 Å². The molecule has 0 heterocycles. The van der Waals surface area contributed by atoms with Crippen molar-refractivity contribution in [2.75, 3.05) is 0 Å². The summed E-state index contributed by atoms with van der Waals surface area (Å²) in [7, 11) is 0. The Morgan fingerprint density at radius 1 is 1.28 bits per heavy atom. The number of aryl methyl sites for hydroxylation is 1. The Morgan fingerprint density at radius 3 is 2.72 bits per heavy atom. The molecule has 0 aliphatic carbocycles. The van der Waals surface area contributed by atoms with Crippen molar-refractivity contribution in [2.24, 2.45) is 0 Å². The van der Waals surface area contributed by atoms with Gasteiger partial charge in [-0.3, -0.25) is 0 Å². The highest BCUT2D eigenvalue weighted by Crippen LogP contribution is 2.34. The van der Waals surface area contributed by atoms with E-state index < -0.39 is 0 Å². The molecule has 0 atom stereocenters. The first-order chi connectivity index (χ1) is 8.61. The highest BCUT2D eigenvalue weighted by molar-refractivity contribution is 9.08. The van der Waals surface area contributed by atoms with Gasteiger partial charge in [0.2, 0.25) is 0 Å². The molecule has 0 radical (unpaired) electrons. The fourth-order valence-electron chi connectivity index (χ4n) is 1.57. The van der Waals surface area contributed by atoms with Gasteiger partial charge in [-0.2, -0.15) is 0 Å². The molecule has 0 saturated carbocycles. The second-order valence-electron chi connectivity index (χ2n) is 3.87. The lowest BCUT2D eigenvalue weighted by molar-refractivity contribution is 0.476. The van der Waals surface area contributed by atoms with Crippen molar-refractivity contribution in [3.63, 3.8) is 0 Å². The van der Waals surface area contributed by atoms with E-state index in [1.807, 2.05) is 12.1 Å². The largest absolute Gasteiger partial charge is 0.455 e. The van der Waals surface area contributed by atoms with E-state index >= 15 is 0 Å². The molecule has 1 nitrogen and oxygen atoms in total. The lowest BCUT2D eigenvalue weighted by Crippen LogP contribution is -1.92. The van der Waals surface area contributed by atoms with Gasteiger partial charge in [0.1, 0.15) is 17.3 Å². The quantitative estimate of drug-likeness (QED) is 0.678. The Hall–Kier alpha value is -1.06. The highest BCUT2D eigenvalue weighted by atomic mass is 79.9. The zero-order chi connectivity index (χ0) is 13.1. The van der Waals surface area contributed by atoms with Crippen molar-refractivity contribution in [3.05, 3.63) is 58.4 Å². The van der Waals surface area contributed by atoms with Crippen LogP contribution in [0, 0.1) is 12.7 Å². The minimum Gasteiger partial charge on any atom is -0.455 e. The second kappa shape index (κ2) is 5.72. The third-order valence-electron chi connectivity index (χ3n) is 2.54. The maximum Gasteiger partial charge on any atom is 0.150 e. The first kappa shape index (κ1) is 13.4. The second-order valence-corrected chi connectivity index (χ2v) is 4.84. The Labute approximate surface area is 119 Å². The smallest absolute Gasteiger partial charge is 0.150 e. The summed E-state index contributed by atoms with van der Waals surface area (Å²) in [4.78, 5) is 0. The van der Waals surface area contributed by atoms with E-state index in [0.29, 0.717) is 27.4 Å². The van der Waals surface area contributed by atoms with Crippen LogP contribution in [-0.4, -0.2) is 0 Å². The predicted octanol–water partition coefficient (Wildman–Crippen LogP) is 5.47. The Balaban J connectivity index is 2.36. The Morgan fingerprint density at radius 2 is 2.06 bits per heavy atom. The summed E-state index contributed by atoms with van der Waals surface area (Å²) in [5, 5.41) is 1.18. The third kappa shape index (κ3) is 2.85. The zero-order valence-corrected chi connectivity index (χ0v) is 12.1. The van der Waals surface area contributed by atoms with E-state index in [9.17, 15) is 4.39 Å². The summed E-state index contributed by atoms with van der Waals surface area (Å²) < 4.78 is 18.9. The lowest BCUT2D eigenvalue weighted by Gasteiger charge is -2.12. The molecule has 2 rings (SSSR count). The fourth-order valence-corrected chi connectivity index (χ4v) is 2.25. The van der Waals surface area contributed by atoms with E-state index in [4.69, 9.17) is 16.3 Å². The molecule has 94 valence electrons. The Bertz CT molecular complexity index is 572. The number of hydrogen-bond donors (Lipinski definition) is 0. The maximum absolute atomic E-state index is 13.2. The molecule has 0 N–H and O–H groups in total. The van der Waals surface area contributed by atoms with E-state index in [2.05, 4.69) is 15.9 Å². The molecule has 0 saturated heterocycles. The molecule has 0 aliphatic rings. The summed E-state index contributed by atoms with van der Waals surface area (Å²) in [5.74, 6) is 0.925. The Kier molecular flexibility index (Phi) is 4.25. The number of hydrogen-bond acceptors (Lipinski definition) is 1. The number of para-hydroxylation sites is 1. The molecular formula is C14H11BrClFO. The van der Waals surface area contributed by atoms with Gasteiger partial charge in [0.15, 0.2) is 0 Å². The summed E-state index contributed by atoms with van der Waals surface area (Å²) in [6.45, 7) is 1.69. The van der Waals surface area contributed by atoms with Crippen molar-refractivity contribution < 1.29 is 9.13 Å². The van der Waals surface area contributed by atoms with Gasteiger partial charge in [-0.1, -0.05) is 39.7 Å². The molecular weight excluding hydrogens is 319 g/mol. The van der Waals surface area contributed by atoms with Crippen molar-refractivity contribution >= 4 is 27.5 Å². The summed E-state index contributed by atoms with van der Waals surface area (Å²) in [6, 6.07) is 10.2. The molecule has 2 aromatic carbocycles. The monoisotopic (exact) mass is 328 g/mol. The molecule has 0 fully saturated rings. The van der Waals surface area contributed by atoms with Gasteiger partial charge in [-0.25, -0.2) is 4.39 Å². The van der Waals surface area contributed by atoms with Gasteiger partial charge < -0.3 is 4.74 Å². The highest BCUT2D eigenvalue weighted by Gasteiger charge is 2.09. The molecule has 4 heteroatoms. The van der Waals surface area contributed by atoms with Gasteiger partial charge in [0.25, 0.3) is 0 Å². The van der Waals surface area contributed by atoms with Crippen LogP contribution in [0.25, 0.3) is 0 Å². The standard InChI is InChI=1S/C14H11BrClFO/c1-9-7-11(5-6-13(9)17)18-14-10(8-15)3-2-4-12(14)16/h2-7H,8H2,1H3. The van der Waals surface area contributed by atoms with Crippen LogP contribution >= 0.6 is 27.5 Å². The average Bonchev–Trinajstić information content (AvgIpc) is 2.36. The van der Waals surface area contributed by atoms with Gasteiger partial charge in [-0.05, 0) is 36.8 Å². The van der Waals surface area contributed by atoms with Crippen LogP contribution in [0.3, 0.4) is 0 Å². The van der Waals surface area contributed by atoms with Crippen molar-refractivity contribution in [1.29, 1.82) is 0 Å². The first-order valence-electron chi connectivity index (χ1n) is 5.39. The number of rotatable bonds is 3. The van der Waals surface area contributed by atoms with Crippen LogP contribution in [0.4, 0.5) is 4.39 Å². The average molecular weight is 330 g/mol. The maximum atomic E-state index is 13.2. The first-order valence-corrected chi connectivity index (χ1v) is 6.89. The lowest BCUT2D eigenvalue weighted by atomic mass is 10.2. The van der Waals surface area contributed by atoms with Crippen LogP contribution in [-0.2, 0) is 5.33 Å². The van der Waals surface area contributed by atoms with Gasteiger partial charge >= 0.3 is 0 Å². The van der Waals surface area contributed by atoms with Crippen LogP contribution in [0.1, 0.15) is 11.1 Å². The predicted molar refractivity (Wildman–Crippen MR) is 75.3 cm³/mol. The number of halogens is 3. The normalized spacial score (nSPS) is 10.4. The van der Waals surface area contributed by atoms with E-state index in [1.165, 1.54) is 6.07 Å². The van der Waals surface area contributed by atoms with E-state index in [-0.39, 0.29) is 5.82 Å². The minimum absolute atomic E-state index is 0.248. The van der Waals surface area contributed by atoms with E-state index in [0.717, 1.165) is 5.56 Å². The summed E-state index contributed by atoms with van der Waals surface area (Å²) >= 11 is 9.49. The van der Waals surface area contributed by atoms with Gasteiger partial charge in [-0.15, -0.1) is 0 Å². The molecule has 2 aromatic rings. The molecule has 0 bridgehead atoms. The molecule has 0 spiro atoms. The number of alkyl halides is 1. The van der Waals surface area contributed by atoms with Crippen molar-refractivity contribution in [3.8, 4) is 11.5 Å². The van der Waals surface area contributed by atoms with Crippen molar-refractivity contribution in [1.82, 2.24) is 0 Å². The summed E-state index contributed by atoms with van der Waals surface area (Å²) in [6.07, 6.45) is 0. The number of benzene rings is 2. The number of ether oxygens (including phenoxy) is 1. The van der Waals surface area contributed by atoms with Crippen molar-refractivity contribution in [2.45, 2.75) is 12.3 Å². The van der Waals surface area contributed by atoms with Crippen LogP contribution in [0.15, 0.2) is 36.4 Å². The topological polar surface area (TPSA) is 9.23 Å². The van der Waals surface area contributed by atoms with Gasteiger partial charge in [0.05, 0.1) is 5.02 Å². The molecule has 0 aromatic heterocycles. The fraction of sp³-hybridized carbons (Fsp3) is 0.143. The van der Waals surface area contributed by atoms with E-state index in [1.54, 1.807) is 25.1 Å². The molecule has 18 heavy (non-hydrogen) atoms. The van der Waals surface area contributed by atoms with Crippen LogP contribution in [0.2, 0.25) is 5.02 Å². The van der Waals surface area contributed by atoms with Crippen LogP contribution < -0.4 is 4.74 Å². The SMILES string of the molecule is Cc1cc(Oc2c(Cl)cccc2CBr)ccc1F. The molecule has 0 aliphatic heterocycles. The third-order valence-corrected chi connectivity index (χ3v) is 3.44.